The van der Waals surface area contributed by atoms with Crippen LogP contribution in [0.5, 0.6) is 0 Å². The molecule has 1 aromatic heterocycles. The molecule has 0 saturated carbocycles. The average Bonchev–Trinajstić information content (AvgIpc) is 3.19. The van der Waals surface area contributed by atoms with E-state index in [0.29, 0.717) is 25.0 Å². The van der Waals surface area contributed by atoms with E-state index < -0.39 is 12.0 Å². The summed E-state index contributed by atoms with van der Waals surface area (Å²) < 4.78 is 5.93. The SMILES string of the molecule is Cc1c(C(=O)N2CCC[C@@H]2C(=O)O)oc2c1ccc1ccccc12. The Bertz CT molecular complexity index is 972. The number of carbonyl (C=O) groups is 2. The Morgan fingerprint density at radius 3 is 2.75 bits per heavy atom. The molecule has 0 unspecified atom stereocenters. The van der Waals surface area contributed by atoms with Crippen LogP contribution < -0.4 is 0 Å². The highest BCUT2D eigenvalue weighted by Gasteiger charge is 2.36. The third kappa shape index (κ3) is 2.08. The van der Waals surface area contributed by atoms with Crippen LogP contribution in [0.1, 0.15) is 29.0 Å². The number of carboxylic acid groups (broad SMARTS) is 1. The molecule has 2 heterocycles. The van der Waals surface area contributed by atoms with Crippen molar-refractivity contribution in [1.29, 1.82) is 0 Å². The second kappa shape index (κ2) is 5.37. The lowest BCUT2D eigenvalue weighted by Gasteiger charge is -2.20. The minimum absolute atomic E-state index is 0.245. The van der Waals surface area contributed by atoms with E-state index in [9.17, 15) is 14.7 Å². The first-order valence-electron chi connectivity index (χ1n) is 8.02. The number of carboxylic acids is 1. The van der Waals surface area contributed by atoms with Crippen LogP contribution in [0.2, 0.25) is 0 Å². The van der Waals surface area contributed by atoms with E-state index in [4.69, 9.17) is 4.42 Å². The van der Waals surface area contributed by atoms with Crippen LogP contribution in [0, 0.1) is 6.92 Å². The Kier molecular flexibility index (Phi) is 3.30. The fourth-order valence-corrected chi connectivity index (χ4v) is 3.55. The van der Waals surface area contributed by atoms with Gasteiger partial charge in [-0.2, -0.15) is 0 Å². The van der Waals surface area contributed by atoms with Crippen molar-refractivity contribution >= 4 is 33.6 Å². The number of rotatable bonds is 2. The fraction of sp³-hybridized carbons (Fsp3) is 0.263. The molecule has 24 heavy (non-hydrogen) atoms. The second-order valence-corrected chi connectivity index (χ2v) is 6.21. The van der Waals surface area contributed by atoms with Gasteiger partial charge in [0, 0.05) is 22.9 Å². The molecule has 4 rings (SSSR count). The third-order valence-corrected chi connectivity index (χ3v) is 4.82. The van der Waals surface area contributed by atoms with Gasteiger partial charge in [-0.3, -0.25) is 4.79 Å². The van der Waals surface area contributed by atoms with E-state index in [1.165, 1.54) is 4.90 Å². The van der Waals surface area contributed by atoms with Crippen LogP contribution in [0.4, 0.5) is 0 Å². The second-order valence-electron chi connectivity index (χ2n) is 6.21. The van der Waals surface area contributed by atoms with Crippen molar-refractivity contribution in [2.45, 2.75) is 25.8 Å². The Morgan fingerprint density at radius 2 is 1.96 bits per heavy atom. The molecule has 1 aliphatic rings. The zero-order chi connectivity index (χ0) is 16.8. The first kappa shape index (κ1) is 14.8. The number of aliphatic carboxylic acids is 1. The van der Waals surface area contributed by atoms with Crippen molar-refractivity contribution in [3.63, 3.8) is 0 Å². The van der Waals surface area contributed by atoms with Gasteiger partial charge in [-0.05, 0) is 25.2 Å². The van der Waals surface area contributed by atoms with E-state index in [2.05, 4.69) is 0 Å². The van der Waals surface area contributed by atoms with Crippen LogP contribution in [0.25, 0.3) is 21.7 Å². The number of likely N-dealkylation sites (tertiary alicyclic amines) is 1. The minimum atomic E-state index is -0.958. The van der Waals surface area contributed by atoms with Crippen molar-refractivity contribution in [1.82, 2.24) is 4.90 Å². The lowest BCUT2D eigenvalue weighted by molar-refractivity contribution is -0.141. The molecule has 0 aliphatic carbocycles. The summed E-state index contributed by atoms with van der Waals surface area (Å²) in [5, 5.41) is 12.2. The smallest absolute Gasteiger partial charge is 0.326 e. The lowest BCUT2D eigenvalue weighted by atomic mass is 10.1. The number of fused-ring (bicyclic) bond motifs is 3. The summed E-state index contributed by atoms with van der Waals surface area (Å²) in [4.78, 5) is 25.6. The van der Waals surface area contributed by atoms with Crippen molar-refractivity contribution < 1.29 is 19.1 Å². The average molecular weight is 323 g/mol. The van der Waals surface area contributed by atoms with Crippen molar-refractivity contribution in [2.75, 3.05) is 6.54 Å². The number of carbonyl (C=O) groups excluding carboxylic acids is 1. The molecule has 2 aromatic carbocycles. The number of hydrogen-bond acceptors (Lipinski definition) is 3. The van der Waals surface area contributed by atoms with E-state index in [1.807, 2.05) is 43.3 Å². The zero-order valence-electron chi connectivity index (χ0n) is 13.3. The maximum atomic E-state index is 12.9. The van der Waals surface area contributed by atoms with Crippen LogP contribution in [0.3, 0.4) is 0 Å². The van der Waals surface area contributed by atoms with Crippen molar-refractivity contribution in [2.24, 2.45) is 0 Å². The summed E-state index contributed by atoms with van der Waals surface area (Å²) in [5.41, 5.74) is 1.44. The Balaban J connectivity index is 1.85. The number of aryl methyl sites for hydroxylation is 1. The van der Waals surface area contributed by atoms with E-state index in [0.717, 1.165) is 21.7 Å². The zero-order valence-corrected chi connectivity index (χ0v) is 13.3. The van der Waals surface area contributed by atoms with Gasteiger partial charge in [0.05, 0.1) is 0 Å². The van der Waals surface area contributed by atoms with Gasteiger partial charge in [0.15, 0.2) is 5.76 Å². The standard InChI is InChI=1S/C19H17NO4/c1-11-13-9-8-12-5-2-3-6-14(12)17(13)24-16(11)18(21)20-10-4-7-15(20)19(22)23/h2-3,5-6,8-9,15H,4,7,10H2,1H3,(H,22,23)/t15-/m1/s1. The Morgan fingerprint density at radius 1 is 1.17 bits per heavy atom. The summed E-state index contributed by atoms with van der Waals surface area (Å²) in [5.74, 6) is -1.05. The number of benzene rings is 2. The molecule has 1 saturated heterocycles. The summed E-state index contributed by atoms with van der Waals surface area (Å²) in [7, 11) is 0. The molecule has 1 amide bonds. The molecule has 5 nitrogen and oxygen atoms in total. The van der Waals surface area contributed by atoms with Gasteiger partial charge < -0.3 is 14.4 Å². The van der Waals surface area contributed by atoms with Gasteiger partial charge in [-0.1, -0.05) is 36.4 Å². The number of amides is 1. The molecule has 1 fully saturated rings. The normalized spacial score (nSPS) is 17.7. The largest absolute Gasteiger partial charge is 0.480 e. The van der Waals surface area contributed by atoms with Gasteiger partial charge in [-0.15, -0.1) is 0 Å². The van der Waals surface area contributed by atoms with Gasteiger partial charge in [0.1, 0.15) is 11.6 Å². The molecule has 1 aliphatic heterocycles. The lowest BCUT2D eigenvalue weighted by Crippen LogP contribution is -2.40. The van der Waals surface area contributed by atoms with Gasteiger partial charge in [0.25, 0.3) is 5.91 Å². The van der Waals surface area contributed by atoms with Crippen LogP contribution in [-0.4, -0.2) is 34.5 Å². The molecule has 1 N–H and O–H groups in total. The quantitative estimate of drug-likeness (QED) is 0.782. The number of hydrogen-bond donors (Lipinski definition) is 1. The fourth-order valence-electron chi connectivity index (χ4n) is 3.55. The minimum Gasteiger partial charge on any atom is -0.480 e. The summed E-state index contributed by atoms with van der Waals surface area (Å²) in [6.07, 6.45) is 1.19. The van der Waals surface area contributed by atoms with E-state index >= 15 is 0 Å². The van der Waals surface area contributed by atoms with Crippen LogP contribution in [0.15, 0.2) is 40.8 Å². The highest BCUT2D eigenvalue weighted by molar-refractivity contribution is 6.09. The maximum absolute atomic E-state index is 12.9. The molecule has 1 atom stereocenters. The van der Waals surface area contributed by atoms with Crippen LogP contribution >= 0.6 is 0 Å². The van der Waals surface area contributed by atoms with Gasteiger partial charge >= 0.3 is 5.97 Å². The predicted molar refractivity (Wildman–Crippen MR) is 90.2 cm³/mol. The maximum Gasteiger partial charge on any atom is 0.326 e. The highest BCUT2D eigenvalue weighted by Crippen LogP contribution is 2.33. The van der Waals surface area contributed by atoms with E-state index in [1.54, 1.807) is 0 Å². The number of nitrogens with zero attached hydrogens (tertiary/aromatic N) is 1. The third-order valence-electron chi connectivity index (χ3n) is 4.82. The predicted octanol–water partition coefficient (Wildman–Crippen LogP) is 3.58. The van der Waals surface area contributed by atoms with E-state index in [-0.39, 0.29) is 11.7 Å². The molecule has 122 valence electrons. The molecule has 0 spiro atoms. The molecule has 5 heteroatoms. The van der Waals surface area contributed by atoms with Crippen LogP contribution in [-0.2, 0) is 4.79 Å². The summed E-state index contributed by atoms with van der Waals surface area (Å²) in [6.45, 7) is 2.30. The summed E-state index contributed by atoms with van der Waals surface area (Å²) in [6, 6.07) is 11.0. The first-order valence-corrected chi connectivity index (χ1v) is 8.02. The Labute approximate surface area is 138 Å². The van der Waals surface area contributed by atoms with Gasteiger partial charge in [0.2, 0.25) is 0 Å². The highest BCUT2D eigenvalue weighted by atomic mass is 16.4. The molecule has 0 bridgehead atoms. The summed E-state index contributed by atoms with van der Waals surface area (Å²) >= 11 is 0. The first-order chi connectivity index (χ1) is 11.6. The molecular weight excluding hydrogens is 306 g/mol. The molecule has 0 radical (unpaired) electrons. The topological polar surface area (TPSA) is 70.8 Å². The number of furan rings is 1. The van der Waals surface area contributed by atoms with Gasteiger partial charge in [-0.25, -0.2) is 4.79 Å². The molecule has 3 aromatic rings. The van der Waals surface area contributed by atoms with Crippen molar-refractivity contribution in [3.05, 3.63) is 47.7 Å². The molecular formula is C19H17NO4. The van der Waals surface area contributed by atoms with Crippen molar-refractivity contribution in [3.8, 4) is 0 Å². The monoisotopic (exact) mass is 323 g/mol. The Hall–Kier alpha value is -2.82.